The van der Waals surface area contributed by atoms with Crippen LogP contribution in [0.5, 0.6) is 0 Å². The van der Waals surface area contributed by atoms with Gasteiger partial charge < -0.3 is 4.74 Å². The second-order valence-electron chi connectivity index (χ2n) is 4.72. The highest BCUT2D eigenvalue weighted by Gasteiger charge is 2.17. The number of ketones is 1. The molecule has 0 aromatic heterocycles. The Labute approximate surface area is 103 Å². The van der Waals surface area contributed by atoms with Crippen LogP contribution in [0.1, 0.15) is 37.7 Å². The summed E-state index contributed by atoms with van der Waals surface area (Å²) in [4.78, 5) is 11.8. The van der Waals surface area contributed by atoms with Crippen LogP contribution in [0.3, 0.4) is 0 Å². The number of hydrogen-bond donors (Lipinski definition) is 0. The van der Waals surface area contributed by atoms with E-state index in [1.165, 1.54) is 12.0 Å². The van der Waals surface area contributed by atoms with E-state index < -0.39 is 0 Å². The van der Waals surface area contributed by atoms with Gasteiger partial charge in [0, 0.05) is 19.4 Å². The van der Waals surface area contributed by atoms with Crippen LogP contribution in [0, 0.1) is 0 Å². The number of rotatable bonds is 5. The SMILES string of the molecule is O=C(CCc1ccccc1)C[C@H]1CCCCO1. The van der Waals surface area contributed by atoms with Gasteiger partial charge in [-0.15, -0.1) is 0 Å². The number of benzene rings is 1. The Morgan fingerprint density at radius 3 is 2.76 bits per heavy atom. The average molecular weight is 232 g/mol. The van der Waals surface area contributed by atoms with Gasteiger partial charge >= 0.3 is 0 Å². The molecule has 0 N–H and O–H groups in total. The van der Waals surface area contributed by atoms with E-state index in [0.717, 1.165) is 25.9 Å². The van der Waals surface area contributed by atoms with Gasteiger partial charge in [-0.3, -0.25) is 4.79 Å². The molecule has 0 saturated carbocycles. The van der Waals surface area contributed by atoms with E-state index in [0.29, 0.717) is 18.6 Å². The van der Waals surface area contributed by atoms with Crippen molar-refractivity contribution in [3.63, 3.8) is 0 Å². The topological polar surface area (TPSA) is 26.3 Å². The van der Waals surface area contributed by atoms with Gasteiger partial charge in [0.1, 0.15) is 5.78 Å². The minimum absolute atomic E-state index is 0.187. The minimum atomic E-state index is 0.187. The van der Waals surface area contributed by atoms with Crippen molar-refractivity contribution in [2.75, 3.05) is 6.61 Å². The summed E-state index contributed by atoms with van der Waals surface area (Å²) in [5.74, 6) is 0.334. The highest BCUT2D eigenvalue weighted by molar-refractivity contribution is 5.79. The zero-order chi connectivity index (χ0) is 11.9. The summed E-state index contributed by atoms with van der Waals surface area (Å²) < 4.78 is 5.58. The van der Waals surface area contributed by atoms with Crippen molar-refractivity contribution in [1.29, 1.82) is 0 Å². The fourth-order valence-electron chi connectivity index (χ4n) is 2.25. The summed E-state index contributed by atoms with van der Waals surface area (Å²) in [6.07, 6.45) is 5.69. The summed E-state index contributed by atoms with van der Waals surface area (Å²) in [6, 6.07) is 10.2. The molecule has 2 nitrogen and oxygen atoms in total. The monoisotopic (exact) mass is 232 g/mol. The maximum atomic E-state index is 11.8. The molecule has 1 saturated heterocycles. The van der Waals surface area contributed by atoms with Crippen LogP contribution in [0.4, 0.5) is 0 Å². The van der Waals surface area contributed by atoms with Gasteiger partial charge in [-0.25, -0.2) is 0 Å². The Morgan fingerprint density at radius 1 is 1.24 bits per heavy atom. The van der Waals surface area contributed by atoms with E-state index >= 15 is 0 Å². The molecule has 1 aromatic carbocycles. The Balaban J connectivity index is 1.70. The third-order valence-electron chi connectivity index (χ3n) is 3.26. The van der Waals surface area contributed by atoms with Crippen LogP contribution in [-0.2, 0) is 16.0 Å². The quantitative estimate of drug-likeness (QED) is 0.779. The van der Waals surface area contributed by atoms with Crippen LogP contribution in [0.25, 0.3) is 0 Å². The molecule has 1 aliphatic rings. The van der Waals surface area contributed by atoms with E-state index in [-0.39, 0.29) is 6.10 Å². The molecular formula is C15H20O2. The van der Waals surface area contributed by atoms with Gasteiger partial charge in [0.05, 0.1) is 6.10 Å². The lowest BCUT2D eigenvalue weighted by molar-refractivity contribution is -0.122. The van der Waals surface area contributed by atoms with Crippen molar-refractivity contribution in [3.05, 3.63) is 35.9 Å². The third kappa shape index (κ3) is 4.31. The van der Waals surface area contributed by atoms with Crippen LogP contribution in [0.15, 0.2) is 30.3 Å². The molecule has 1 aromatic rings. The second kappa shape index (κ2) is 6.55. The number of ether oxygens (including phenoxy) is 1. The largest absolute Gasteiger partial charge is 0.378 e. The van der Waals surface area contributed by atoms with E-state index in [1.54, 1.807) is 0 Å². The molecule has 0 radical (unpaired) electrons. The van der Waals surface area contributed by atoms with Crippen LogP contribution in [0.2, 0.25) is 0 Å². The van der Waals surface area contributed by atoms with Crippen LogP contribution in [-0.4, -0.2) is 18.5 Å². The van der Waals surface area contributed by atoms with Crippen LogP contribution >= 0.6 is 0 Å². The standard InChI is InChI=1S/C15H20O2/c16-14(12-15-8-4-5-11-17-15)10-9-13-6-2-1-3-7-13/h1-3,6-7,15H,4-5,8-12H2/t15-/m1/s1. The first-order valence-electron chi connectivity index (χ1n) is 6.52. The van der Waals surface area contributed by atoms with E-state index in [4.69, 9.17) is 4.74 Å². The molecule has 2 heteroatoms. The summed E-state index contributed by atoms with van der Waals surface area (Å²) >= 11 is 0. The molecule has 2 rings (SSSR count). The lowest BCUT2D eigenvalue weighted by Crippen LogP contribution is -2.22. The van der Waals surface area contributed by atoms with Crippen molar-refractivity contribution < 1.29 is 9.53 Å². The molecule has 17 heavy (non-hydrogen) atoms. The third-order valence-corrected chi connectivity index (χ3v) is 3.26. The first-order valence-corrected chi connectivity index (χ1v) is 6.52. The number of Topliss-reactive ketones (excluding diaryl/α,β-unsaturated/α-hetero) is 1. The van der Waals surface area contributed by atoms with Gasteiger partial charge in [-0.05, 0) is 31.2 Å². The number of carbonyl (C=O) groups is 1. The lowest BCUT2D eigenvalue weighted by atomic mass is 10.0. The minimum Gasteiger partial charge on any atom is -0.378 e. The number of carbonyl (C=O) groups excluding carboxylic acids is 1. The molecule has 1 aliphatic heterocycles. The van der Waals surface area contributed by atoms with E-state index in [2.05, 4.69) is 12.1 Å². The molecule has 0 aliphatic carbocycles. The fourth-order valence-corrected chi connectivity index (χ4v) is 2.25. The highest BCUT2D eigenvalue weighted by Crippen LogP contribution is 2.17. The molecule has 1 heterocycles. The zero-order valence-corrected chi connectivity index (χ0v) is 10.2. The predicted octanol–water partition coefficient (Wildman–Crippen LogP) is 3.15. The lowest BCUT2D eigenvalue weighted by Gasteiger charge is -2.21. The van der Waals surface area contributed by atoms with Crippen LogP contribution < -0.4 is 0 Å². The summed E-state index contributed by atoms with van der Waals surface area (Å²) in [5, 5.41) is 0. The maximum absolute atomic E-state index is 11.8. The molecule has 92 valence electrons. The van der Waals surface area contributed by atoms with Gasteiger partial charge in [-0.1, -0.05) is 30.3 Å². The molecule has 0 bridgehead atoms. The van der Waals surface area contributed by atoms with Crippen molar-refractivity contribution >= 4 is 5.78 Å². The highest BCUT2D eigenvalue weighted by atomic mass is 16.5. The van der Waals surface area contributed by atoms with Crippen molar-refractivity contribution in [2.45, 2.75) is 44.6 Å². The van der Waals surface area contributed by atoms with Crippen molar-refractivity contribution in [2.24, 2.45) is 0 Å². The molecular weight excluding hydrogens is 212 g/mol. The molecule has 0 amide bonds. The average Bonchev–Trinajstić information content (AvgIpc) is 2.39. The molecule has 0 unspecified atom stereocenters. The number of hydrogen-bond acceptors (Lipinski definition) is 2. The van der Waals surface area contributed by atoms with Gasteiger partial charge in [0.25, 0.3) is 0 Å². The summed E-state index contributed by atoms with van der Waals surface area (Å²) in [6.45, 7) is 0.830. The maximum Gasteiger partial charge on any atom is 0.135 e. The van der Waals surface area contributed by atoms with E-state index in [1.807, 2.05) is 18.2 Å². The molecule has 0 spiro atoms. The Kier molecular flexibility index (Phi) is 4.75. The zero-order valence-electron chi connectivity index (χ0n) is 10.2. The van der Waals surface area contributed by atoms with Crippen molar-refractivity contribution in [3.8, 4) is 0 Å². The first-order chi connectivity index (χ1) is 8.34. The number of aryl methyl sites for hydroxylation is 1. The van der Waals surface area contributed by atoms with Gasteiger partial charge in [-0.2, -0.15) is 0 Å². The fraction of sp³-hybridized carbons (Fsp3) is 0.533. The van der Waals surface area contributed by atoms with E-state index in [9.17, 15) is 4.79 Å². The Bertz CT molecular complexity index is 339. The molecule has 1 fully saturated rings. The Morgan fingerprint density at radius 2 is 2.06 bits per heavy atom. The first kappa shape index (κ1) is 12.3. The van der Waals surface area contributed by atoms with Gasteiger partial charge in [0.2, 0.25) is 0 Å². The van der Waals surface area contributed by atoms with Crippen molar-refractivity contribution in [1.82, 2.24) is 0 Å². The smallest absolute Gasteiger partial charge is 0.135 e. The van der Waals surface area contributed by atoms with Gasteiger partial charge in [0.15, 0.2) is 0 Å². The molecule has 1 atom stereocenters. The second-order valence-corrected chi connectivity index (χ2v) is 4.72. The predicted molar refractivity (Wildman–Crippen MR) is 68.0 cm³/mol. The Hall–Kier alpha value is -1.15. The normalized spacial score (nSPS) is 20.1. The summed E-state index contributed by atoms with van der Waals surface area (Å²) in [5.41, 5.74) is 1.24. The summed E-state index contributed by atoms with van der Waals surface area (Å²) in [7, 11) is 0.